The summed E-state index contributed by atoms with van der Waals surface area (Å²) in [6.07, 6.45) is 3.54. The van der Waals surface area contributed by atoms with Crippen LogP contribution in [-0.4, -0.2) is 52.6 Å². The molecule has 0 saturated carbocycles. The molecule has 3 N–H and O–H groups in total. The number of carboxylic acids is 1. The van der Waals surface area contributed by atoms with Crippen LogP contribution in [0.2, 0.25) is 0 Å². The first-order chi connectivity index (χ1) is 16.8. The van der Waals surface area contributed by atoms with Crippen LogP contribution in [-0.2, 0) is 22.6 Å². The van der Waals surface area contributed by atoms with Gasteiger partial charge in [-0.15, -0.1) is 11.3 Å². The summed E-state index contributed by atoms with van der Waals surface area (Å²) in [5, 5.41) is 24.4. The molecule has 1 heterocycles. The lowest BCUT2D eigenvalue weighted by Crippen LogP contribution is -2.34. The largest absolute Gasteiger partial charge is 0.477 e. The molecule has 35 heavy (non-hydrogen) atoms. The van der Waals surface area contributed by atoms with Gasteiger partial charge in [0.1, 0.15) is 15.3 Å². The lowest BCUT2D eigenvalue weighted by molar-refractivity contribution is -0.130. The molecule has 0 spiro atoms. The summed E-state index contributed by atoms with van der Waals surface area (Å²) in [5.74, 6) is -1.29. The minimum atomic E-state index is -1.36. The predicted octanol–water partition coefficient (Wildman–Crippen LogP) is 1.32. The summed E-state index contributed by atoms with van der Waals surface area (Å²) in [6.45, 7) is 9.68. The molecule has 9 nitrogen and oxygen atoms in total. The summed E-state index contributed by atoms with van der Waals surface area (Å²) >= 11 is 0.969. The van der Waals surface area contributed by atoms with Gasteiger partial charge in [0, 0.05) is 37.9 Å². The molecule has 188 valence electrons. The fourth-order valence-electron chi connectivity index (χ4n) is 3.53. The number of carbonyl (C=O) groups is 2. The first-order valence-electron chi connectivity index (χ1n) is 11.8. The quantitative estimate of drug-likeness (QED) is 0.379. The smallest absolute Gasteiger partial charge is 0.349 e. The van der Waals surface area contributed by atoms with Gasteiger partial charge in [0.2, 0.25) is 5.91 Å². The van der Waals surface area contributed by atoms with Crippen molar-refractivity contribution in [3.63, 3.8) is 0 Å². The molecule has 2 rings (SSSR count). The summed E-state index contributed by atoms with van der Waals surface area (Å²) < 4.78 is 1.73. The molecule has 1 aromatic heterocycles. The van der Waals surface area contributed by atoms with E-state index in [-0.39, 0.29) is 22.7 Å². The summed E-state index contributed by atoms with van der Waals surface area (Å²) in [7, 11) is 0. The van der Waals surface area contributed by atoms with Crippen LogP contribution in [0.1, 0.15) is 39.2 Å². The number of nitriles is 1. The molecule has 1 aromatic carbocycles. The number of carboxylic acid groups (broad SMARTS) is 1. The van der Waals surface area contributed by atoms with E-state index in [4.69, 9.17) is 5.26 Å². The molecule has 0 aliphatic rings. The molecule has 0 saturated heterocycles. The van der Waals surface area contributed by atoms with Crippen molar-refractivity contribution in [3.8, 4) is 6.07 Å². The standard InChI is InChI=1S/C25H33N5O4S/c1-4-29(5-2)15-14-27-22(31)9-7-8-18-10-12-19(13-11-18)28-17-21-23(32)30(6-3)24(35-21)20(16-26)25(33)34/h10-13,17,28H,4-9,14-15H2,1-3H3,(H,27,31)(H,33,34)/b21-17+,24-20-. The van der Waals surface area contributed by atoms with Gasteiger partial charge in [-0.2, -0.15) is 5.26 Å². The van der Waals surface area contributed by atoms with E-state index in [9.17, 15) is 19.5 Å². The third-order valence-corrected chi connectivity index (χ3v) is 6.73. The van der Waals surface area contributed by atoms with Gasteiger partial charge in [-0.3, -0.25) is 14.2 Å². The average Bonchev–Trinajstić information content (AvgIpc) is 3.16. The fourth-order valence-corrected chi connectivity index (χ4v) is 4.61. The second-order valence-electron chi connectivity index (χ2n) is 7.83. The molecule has 0 radical (unpaired) electrons. The highest BCUT2D eigenvalue weighted by molar-refractivity contribution is 7.07. The number of amides is 1. The molecular formula is C25H33N5O4S. The Morgan fingerprint density at radius 2 is 1.89 bits per heavy atom. The van der Waals surface area contributed by atoms with Gasteiger partial charge in [-0.1, -0.05) is 26.0 Å². The summed E-state index contributed by atoms with van der Waals surface area (Å²) in [5.41, 5.74) is 1.08. The van der Waals surface area contributed by atoms with Crippen LogP contribution in [0.15, 0.2) is 29.1 Å². The number of aliphatic carboxylic acids is 1. The second kappa shape index (κ2) is 14.1. The Labute approximate surface area is 209 Å². The van der Waals surface area contributed by atoms with Crippen molar-refractivity contribution < 1.29 is 14.7 Å². The Morgan fingerprint density at radius 1 is 1.20 bits per heavy atom. The number of carbonyl (C=O) groups excluding carboxylic acids is 1. The average molecular weight is 500 g/mol. The van der Waals surface area contributed by atoms with Crippen LogP contribution in [0.5, 0.6) is 0 Å². The molecular weight excluding hydrogens is 466 g/mol. The number of hydrogen-bond donors (Lipinski definition) is 3. The van der Waals surface area contributed by atoms with Crippen LogP contribution in [0.4, 0.5) is 5.69 Å². The second-order valence-corrected chi connectivity index (χ2v) is 8.86. The zero-order chi connectivity index (χ0) is 25.8. The zero-order valence-corrected chi connectivity index (χ0v) is 21.3. The molecule has 0 aliphatic heterocycles. The Balaban J connectivity index is 1.95. The maximum atomic E-state index is 12.6. The fraction of sp³-hybridized carbons (Fsp3) is 0.440. The third-order valence-electron chi connectivity index (χ3n) is 5.60. The minimum absolute atomic E-state index is 0.0674. The highest BCUT2D eigenvalue weighted by Gasteiger charge is 2.13. The van der Waals surface area contributed by atoms with Gasteiger partial charge in [-0.05, 0) is 50.6 Å². The van der Waals surface area contributed by atoms with Crippen molar-refractivity contribution in [2.75, 3.05) is 31.5 Å². The topological polar surface area (TPSA) is 127 Å². The Bertz CT molecular complexity index is 1220. The van der Waals surface area contributed by atoms with Gasteiger partial charge >= 0.3 is 5.97 Å². The van der Waals surface area contributed by atoms with Crippen molar-refractivity contribution in [2.45, 2.75) is 46.6 Å². The van der Waals surface area contributed by atoms with Crippen LogP contribution in [0, 0.1) is 11.3 Å². The Hall–Kier alpha value is -3.42. The van der Waals surface area contributed by atoms with Crippen LogP contribution >= 0.6 is 11.3 Å². The maximum Gasteiger partial charge on any atom is 0.349 e. The number of rotatable bonds is 13. The molecule has 0 fully saturated rings. The number of aryl methyl sites for hydroxylation is 1. The van der Waals surface area contributed by atoms with E-state index in [0.717, 1.165) is 55.1 Å². The van der Waals surface area contributed by atoms with Crippen molar-refractivity contribution in [1.82, 2.24) is 14.8 Å². The van der Waals surface area contributed by atoms with E-state index in [1.54, 1.807) is 13.0 Å². The number of thiazole rings is 1. The van der Waals surface area contributed by atoms with Gasteiger partial charge in [0.15, 0.2) is 5.57 Å². The normalized spacial score (nSPS) is 12.4. The molecule has 0 atom stereocenters. The number of nitrogens with zero attached hydrogens (tertiary/aromatic N) is 3. The van der Waals surface area contributed by atoms with Crippen LogP contribution in [0.25, 0.3) is 11.8 Å². The van der Waals surface area contributed by atoms with E-state index < -0.39 is 11.5 Å². The molecule has 10 heteroatoms. The van der Waals surface area contributed by atoms with E-state index in [2.05, 4.69) is 29.4 Å². The molecule has 2 aromatic rings. The SMILES string of the molecule is CCN(CC)CCNC(=O)CCCc1ccc(N/C=c2/s/c(=C(/C#N)C(=O)O)n(CC)c2=O)cc1. The monoisotopic (exact) mass is 499 g/mol. The molecule has 0 unspecified atom stereocenters. The van der Waals surface area contributed by atoms with Crippen molar-refractivity contribution in [1.29, 1.82) is 5.26 Å². The van der Waals surface area contributed by atoms with Crippen LogP contribution in [0.3, 0.4) is 0 Å². The predicted molar refractivity (Wildman–Crippen MR) is 138 cm³/mol. The number of likely N-dealkylation sites (N-methyl/N-ethyl adjacent to an activating group) is 1. The Morgan fingerprint density at radius 3 is 2.46 bits per heavy atom. The number of anilines is 1. The van der Waals surface area contributed by atoms with E-state index >= 15 is 0 Å². The highest BCUT2D eigenvalue weighted by atomic mass is 32.1. The number of benzene rings is 1. The maximum absolute atomic E-state index is 12.6. The molecule has 0 aliphatic carbocycles. The zero-order valence-electron chi connectivity index (χ0n) is 20.5. The van der Waals surface area contributed by atoms with E-state index in [0.29, 0.717) is 17.5 Å². The van der Waals surface area contributed by atoms with Crippen molar-refractivity contribution in [2.24, 2.45) is 0 Å². The summed E-state index contributed by atoms with van der Waals surface area (Å²) in [4.78, 5) is 38.2. The minimum Gasteiger partial charge on any atom is -0.477 e. The number of nitrogens with one attached hydrogen (secondary N) is 2. The summed E-state index contributed by atoms with van der Waals surface area (Å²) in [6, 6.07) is 9.35. The first kappa shape index (κ1) is 27.8. The molecule has 0 bridgehead atoms. The van der Waals surface area contributed by atoms with Gasteiger partial charge in [0.05, 0.1) is 0 Å². The van der Waals surface area contributed by atoms with Crippen molar-refractivity contribution in [3.05, 3.63) is 49.4 Å². The number of aromatic nitrogens is 1. The van der Waals surface area contributed by atoms with Crippen LogP contribution < -0.4 is 25.4 Å². The van der Waals surface area contributed by atoms with E-state index in [1.165, 1.54) is 10.8 Å². The van der Waals surface area contributed by atoms with Gasteiger partial charge < -0.3 is 20.6 Å². The van der Waals surface area contributed by atoms with Gasteiger partial charge in [0.25, 0.3) is 5.56 Å². The van der Waals surface area contributed by atoms with E-state index in [1.807, 2.05) is 24.3 Å². The van der Waals surface area contributed by atoms with Crippen molar-refractivity contribution >= 4 is 40.7 Å². The third kappa shape index (κ3) is 8.09. The Kier molecular flexibility index (Phi) is 11.2. The lowest BCUT2D eigenvalue weighted by Gasteiger charge is -2.17. The first-order valence-corrected chi connectivity index (χ1v) is 12.6. The van der Waals surface area contributed by atoms with Gasteiger partial charge in [-0.25, -0.2) is 4.79 Å². The molecule has 1 amide bonds. The highest BCUT2D eigenvalue weighted by Crippen LogP contribution is 2.12. The lowest BCUT2D eigenvalue weighted by atomic mass is 10.1. The number of hydrogen-bond acceptors (Lipinski definition) is 7.